The molecule has 29 heavy (non-hydrogen) atoms. The zero-order chi connectivity index (χ0) is 20.1. The summed E-state index contributed by atoms with van der Waals surface area (Å²) in [6.45, 7) is 1.92. The lowest BCUT2D eigenvalue weighted by molar-refractivity contribution is 0.0950. The number of nitrogens with zero attached hydrogens (tertiary/aromatic N) is 5. The molecule has 3 amide bonds. The molecule has 3 aromatic rings. The third-order valence-electron chi connectivity index (χ3n) is 4.77. The minimum atomic E-state index is -0.234. The molecule has 2 aromatic carbocycles. The molecule has 0 atom stereocenters. The van der Waals surface area contributed by atoms with E-state index in [1.54, 1.807) is 18.2 Å². The van der Waals surface area contributed by atoms with E-state index in [0.717, 1.165) is 31.5 Å². The van der Waals surface area contributed by atoms with Gasteiger partial charge in [-0.1, -0.05) is 24.3 Å². The number of rotatable bonds is 5. The maximum Gasteiger partial charge on any atom is 0.321 e. The first-order valence-corrected chi connectivity index (χ1v) is 9.46. The highest BCUT2D eigenvalue weighted by atomic mass is 16.2. The third-order valence-corrected chi connectivity index (χ3v) is 4.77. The molecule has 0 bridgehead atoms. The van der Waals surface area contributed by atoms with E-state index >= 15 is 0 Å². The molecular weight excluding hydrogens is 370 g/mol. The number of para-hydroxylation sites is 1. The molecule has 1 saturated heterocycles. The SMILES string of the molecule is O=C(NCc1cccc(NC(=O)N2CCCC2)c1)c1ccccc1-n1cnnn1. The first-order chi connectivity index (χ1) is 14.2. The smallest absolute Gasteiger partial charge is 0.321 e. The van der Waals surface area contributed by atoms with Crippen LogP contribution in [0.4, 0.5) is 10.5 Å². The monoisotopic (exact) mass is 391 g/mol. The van der Waals surface area contributed by atoms with Crippen molar-refractivity contribution < 1.29 is 9.59 Å². The van der Waals surface area contributed by atoms with Crippen LogP contribution in [0.25, 0.3) is 5.69 Å². The topological polar surface area (TPSA) is 105 Å². The largest absolute Gasteiger partial charge is 0.348 e. The molecule has 4 rings (SSSR count). The minimum Gasteiger partial charge on any atom is -0.348 e. The predicted octanol–water partition coefficient (Wildman–Crippen LogP) is 2.22. The van der Waals surface area contributed by atoms with Gasteiger partial charge in [0.15, 0.2) is 0 Å². The highest BCUT2D eigenvalue weighted by Crippen LogP contribution is 2.15. The van der Waals surface area contributed by atoms with E-state index in [1.165, 1.54) is 11.0 Å². The Balaban J connectivity index is 1.41. The number of hydrogen-bond donors (Lipinski definition) is 2. The van der Waals surface area contributed by atoms with Crippen molar-refractivity contribution in [2.45, 2.75) is 19.4 Å². The van der Waals surface area contributed by atoms with Gasteiger partial charge in [-0.2, -0.15) is 4.68 Å². The Bertz CT molecular complexity index is 998. The summed E-state index contributed by atoms with van der Waals surface area (Å²) in [4.78, 5) is 26.8. The molecule has 0 spiro atoms. The standard InChI is InChI=1S/C20H21N7O2/c28-19(17-8-1-2-9-18(17)27-14-22-24-25-27)21-13-15-6-5-7-16(12-15)23-20(29)26-10-3-4-11-26/h1-2,5-9,12,14H,3-4,10-11,13H2,(H,21,28)(H,23,29). The third kappa shape index (κ3) is 4.40. The van der Waals surface area contributed by atoms with Gasteiger partial charge >= 0.3 is 6.03 Å². The van der Waals surface area contributed by atoms with Crippen LogP contribution in [0.3, 0.4) is 0 Å². The van der Waals surface area contributed by atoms with Gasteiger partial charge in [-0.15, -0.1) is 5.10 Å². The zero-order valence-corrected chi connectivity index (χ0v) is 15.8. The van der Waals surface area contributed by atoms with Crippen LogP contribution in [-0.4, -0.2) is 50.1 Å². The van der Waals surface area contributed by atoms with Crippen molar-refractivity contribution in [3.63, 3.8) is 0 Å². The van der Waals surface area contributed by atoms with Gasteiger partial charge in [-0.05, 0) is 53.1 Å². The zero-order valence-electron chi connectivity index (χ0n) is 15.8. The van der Waals surface area contributed by atoms with E-state index in [4.69, 9.17) is 0 Å². The highest BCUT2D eigenvalue weighted by Gasteiger charge is 2.18. The van der Waals surface area contributed by atoms with Crippen molar-refractivity contribution in [1.82, 2.24) is 30.4 Å². The van der Waals surface area contributed by atoms with E-state index in [9.17, 15) is 9.59 Å². The molecular formula is C20H21N7O2. The Hall–Kier alpha value is -3.75. The first-order valence-electron chi connectivity index (χ1n) is 9.46. The van der Waals surface area contributed by atoms with Gasteiger partial charge in [0.05, 0.1) is 11.3 Å². The first kappa shape index (κ1) is 18.6. The number of amides is 3. The molecule has 1 aromatic heterocycles. The summed E-state index contributed by atoms with van der Waals surface area (Å²) in [7, 11) is 0. The van der Waals surface area contributed by atoms with Crippen molar-refractivity contribution in [3.8, 4) is 5.69 Å². The van der Waals surface area contributed by atoms with Crippen molar-refractivity contribution in [1.29, 1.82) is 0 Å². The summed E-state index contributed by atoms with van der Waals surface area (Å²) in [6, 6.07) is 14.5. The lowest BCUT2D eigenvalue weighted by atomic mass is 10.1. The lowest BCUT2D eigenvalue weighted by Gasteiger charge is -2.16. The summed E-state index contributed by atoms with van der Waals surface area (Å²) in [5.41, 5.74) is 2.67. The maximum absolute atomic E-state index is 12.7. The molecule has 2 N–H and O–H groups in total. The van der Waals surface area contributed by atoms with E-state index in [0.29, 0.717) is 23.5 Å². The van der Waals surface area contributed by atoms with E-state index in [1.807, 2.05) is 35.2 Å². The molecule has 1 aliphatic rings. The molecule has 0 radical (unpaired) electrons. The van der Waals surface area contributed by atoms with Gasteiger partial charge in [0, 0.05) is 25.3 Å². The van der Waals surface area contributed by atoms with Crippen LogP contribution >= 0.6 is 0 Å². The fourth-order valence-corrected chi connectivity index (χ4v) is 3.30. The van der Waals surface area contributed by atoms with E-state index in [2.05, 4.69) is 26.2 Å². The van der Waals surface area contributed by atoms with Crippen molar-refractivity contribution in [2.75, 3.05) is 18.4 Å². The highest BCUT2D eigenvalue weighted by molar-refractivity contribution is 5.97. The molecule has 2 heterocycles. The van der Waals surface area contributed by atoms with Crippen LogP contribution in [0.5, 0.6) is 0 Å². The number of urea groups is 1. The minimum absolute atomic E-state index is 0.0842. The van der Waals surface area contributed by atoms with Gasteiger partial charge in [-0.25, -0.2) is 4.79 Å². The second-order valence-corrected chi connectivity index (χ2v) is 6.78. The molecule has 0 saturated carbocycles. The summed E-state index contributed by atoms with van der Waals surface area (Å²) in [5.74, 6) is -0.234. The molecule has 1 aliphatic heterocycles. The van der Waals surface area contributed by atoms with Crippen LogP contribution in [0.1, 0.15) is 28.8 Å². The average Bonchev–Trinajstić information content (AvgIpc) is 3.46. The Morgan fingerprint density at radius 3 is 2.66 bits per heavy atom. The van der Waals surface area contributed by atoms with E-state index < -0.39 is 0 Å². The maximum atomic E-state index is 12.7. The van der Waals surface area contributed by atoms with Gasteiger partial charge in [0.1, 0.15) is 6.33 Å². The summed E-state index contributed by atoms with van der Waals surface area (Å²) in [6.07, 6.45) is 3.54. The number of carbonyl (C=O) groups is 2. The number of nitrogens with one attached hydrogen (secondary N) is 2. The van der Waals surface area contributed by atoms with Crippen LogP contribution < -0.4 is 10.6 Å². The van der Waals surface area contributed by atoms with Crippen LogP contribution in [0.2, 0.25) is 0 Å². The second-order valence-electron chi connectivity index (χ2n) is 6.78. The summed E-state index contributed by atoms with van der Waals surface area (Å²) in [5, 5.41) is 16.9. The number of tetrazole rings is 1. The molecule has 9 nitrogen and oxygen atoms in total. The fraction of sp³-hybridized carbons (Fsp3) is 0.250. The van der Waals surface area contributed by atoms with Gasteiger partial charge in [0.25, 0.3) is 5.91 Å². The molecule has 9 heteroatoms. The van der Waals surface area contributed by atoms with Gasteiger partial charge < -0.3 is 15.5 Å². The Morgan fingerprint density at radius 2 is 1.86 bits per heavy atom. The molecule has 0 unspecified atom stereocenters. The second kappa shape index (κ2) is 8.51. The number of carbonyl (C=O) groups excluding carboxylic acids is 2. The number of aromatic nitrogens is 4. The number of benzene rings is 2. The number of anilines is 1. The molecule has 1 fully saturated rings. The number of likely N-dealkylation sites (tertiary alicyclic amines) is 1. The van der Waals surface area contributed by atoms with Crippen LogP contribution in [-0.2, 0) is 6.54 Å². The van der Waals surface area contributed by atoms with Crippen molar-refractivity contribution >= 4 is 17.6 Å². The Labute approximate surface area is 167 Å². The van der Waals surface area contributed by atoms with Crippen LogP contribution in [0.15, 0.2) is 54.9 Å². The fourth-order valence-electron chi connectivity index (χ4n) is 3.30. The average molecular weight is 391 g/mol. The predicted molar refractivity (Wildman–Crippen MR) is 107 cm³/mol. The summed E-state index contributed by atoms with van der Waals surface area (Å²) >= 11 is 0. The van der Waals surface area contributed by atoms with Gasteiger partial charge in [-0.3, -0.25) is 4.79 Å². The Morgan fingerprint density at radius 1 is 1.03 bits per heavy atom. The van der Waals surface area contributed by atoms with Crippen LogP contribution in [0, 0.1) is 0 Å². The molecule has 148 valence electrons. The lowest BCUT2D eigenvalue weighted by Crippen LogP contribution is -2.32. The molecule has 0 aliphatic carbocycles. The Kier molecular flexibility index (Phi) is 5.46. The quantitative estimate of drug-likeness (QED) is 0.694. The van der Waals surface area contributed by atoms with E-state index in [-0.39, 0.29) is 11.9 Å². The van der Waals surface area contributed by atoms with Gasteiger partial charge in [0.2, 0.25) is 0 Å². The normalized spacial score (nSPS) is 13.3. The van der Waals surface area contributed by atoms with Crippen molar-refractivity contribution in [2.24, 2.45) is 0 Å². The number of hydrogen-bond acceptors (Lipinski definition) is 5. The van der Waals surface area contributed by atoms with Crippen molar-refractivity contribution in [3.05, 3.63) is 66.0 Å². The summed E-state index contributed by atoms with van der Waals surface area (Å²) < 4.78 is 1.45.